The van der Waals surface area contributed by atoms with Gasteiger partial charge in [-0.2, -0.15) is 8.78 Å². The highest BCUT2D eigenvalue weighted by Crippen LogP contribution is 2.31. The Morgan fingerprint density at radius 1 is 1.33 bits per heavy atom. The molecule has 7 nitrogen and oxygen atoms in total. The fourth-order valence-corrected chi connectivity index (χ4v) is 3.26. The summed E-state index contributed by atoms with van der Waals surface area (Å²) in [7, 11) is 0. The second-order valence-electron chi connectivity index (χ2n) is 6.76. The molecule has 0 spiro atoms. The summed E-state index contributed by atoms with van der Waals surface area (Å²) in [6, 6.07) is 5.00. The number of nitrogens with one attached hydrogen (secondary N) is 1. The molecule has 1 heterocycles. The maximum absolute atomic E-state index is 12.9. The van der Waals surface area contributed by atoms with Crippen molar-refractivity contribution < 1.29 is 27.9 Å². The molecule has 1 atom stereocenters. The van der Waals surface area contributed by atoms with Gasteiger partial charge in [-0.1, -0.05) is 12.1 Å². The number of hydrogen-bond acceptors (Lipinski definition) is 4. The van der Waals surface area contributed by atoms with E-state index in [2.05, 4.69) is 10.1 Å². The summed E-state index contributed by atoms with van der Waals surface area (Å²) in [6.07, 6.45) is 1.87. The fourth-order valence-electron chi connectivity index (χ4n) is 3.26. The van der Waals surface area contributed by atoms with Crippen LogP contribution in [0, 0.1) is 0 Å². The molecule has 0 radical (unpaired) electrons. The lowest BCUT2D eigenvalue weighted by Crippen LogP contribution is -2.45. The van der Waals surface area contributed by atoms with Crippen LogP contribution < -0.4 is 10.1 Å². The lowest BCUT2D eigenvalue weighted by Gasteiger charge is -2.24. The number of halogens is 2. The number of amides is 4. The molecule has 2 fully saturated rings. The third kappa shape index (κ3) is 3.72. The molecule has 1 unspecified atom stereocenters. The number of ether oxygens (including phenoxy) is 1. The summed E-state index contributed by atoms with van der Waals surface area (Å²) in [6.45, 7) is 0.621. The quantitative estimate of drug-likeness (QED) is 0.734. The van der Waals surface area contributed by atoms with E-state index < -0.39 is 24.1 Å². The maximum Gasteiger partial charge on any atom is 0.387 e. The third-order valence-electron chi connectivity index (χ3n) is 4.87. The van der Waals surface area contributed by atoms with Crippen LogP contribution in [0.2, 0.25) is 0 Å². The van der Waals surface area contributed by atoms with Gasteiger partial charge in [-0.3, -0.25) is 14.5 Å². The molecule has 0 aromatic heterocycles. The van der Waals surface area contributed by atoms with Crippen molar-refractivity contribution in [3.63, 3.8) is 0 Å². The van der Waals surface area contributed by atoms with Crippen LogP contribution in [0.3, 0.4) is 0 Å². The highest BCUT2D eigenvalue weighted by molar-refractivity contribution is 6.09. The minimum absolute atomic E-state index is 0.0517. The summed E-state index contributed by atoms with van der Waals surface area (Å²) >= 11 is 0. The summed E-state index contributed by atoms with van der Waals surface area (Å²) in [5.41, 5.74) is -0.968. The fraction of sp³-hybridized carbons (Fsp3) is 0.500. The molecule has 0 bridgehead atoms. The average Bonchev–Trinajstić information content (AvgIpc) is 3.41. The molecule has 1 aliphatic carbocycles. The summed E-state index contributed by atoms with van der Waals surface area (Å²) in [5.74, 6) is -0.882. The van der Waals surface area contributed by atoms with E-state index >= 15 is 0 Å². The van der Waals surface area contributed by atoms with Crippen molar-refractivity contribution in [3.05, 3.63) is 29.8 Å². The van der Waals surface area contributed by atoms with Gasteiger partial charge in [-0.25, -0.2) is 4.79 Å². The molecular weight excluding hydrogens is 360 g/mol. The zero-order valence-corrected chi connectivity index (χ0v) is 15.1. The number of nitrogens with zero attached hydrogens (tertiary/aromatic N) is 2. The van der Waals surface area contributed by atoms with Crippen LogP contribution in [0.4, 0.5) is 13.6 Å². The van der Waals surface area contributed by atoms with Crippen LogP contribution in [0.15, 0.2) is 24.3 Å². The van der Waals surface area contributed by atoms with Gasteiger partial charge >= 0.3 is 12.6 Å². The number of urea groups is 1. The highest BCUT2D eigenvalue weighted by atomic mass is 19.3. The van der Waals surface area contributed by atoms with E-state index in [9.17, 15) is 23.2 Å². The van der Waals surface area contributed by atoms with Crippen LogP contribution in [0.1, 0.15) is 32.3 Å². The van der Waals surface area contributed by atoms with Crippen molar-refractivity contribution >= 4 is 17.8 Å². The Morgan fingerprint density at radius 3 is 2.48 bits per heavy atom. The van der Waals surface area contributed by atoms with Crippen LogP contribution in [0.5, 0.6) is 5.75 Å². The Hall–Kier alpha value is -2.71. The Balaban J connectivity index is 1.74. The van der Waals surface area contributed by atoms with E-state index in [1.165, 1.54) is 31.2 Å². The predicted octanol–water partition coefficient (Wildman–Crippen LogP) is 2.07. The molecule has 9 heteroatoms. The minimum atomic E-state index is -2.95. The highest BCUT2D eigenvalue weighted by Gasteiger charge is 2.50. The topological polar surface area (TPSA) is 79.0 Å². The Bertz CT molecular complexity index is 751. The summed E-state index contributed by atoms with van der Waals surface area (Å²) in [5, 5.41) is 2.59. The van der Waals surface area contributed by atoms with Gasteiger partial charge in [0.25, 0.3) is 5.91 Å². The first-order valence-electron chi connectivity index (χ1n) is 8.75. The summed E-state index contributed by atoms with van der Waals surface area (Å²) in [4.78, 5) is 40.2. The standard InChI is InChI=1S/C18H21F2N3O4/c1-3-22(12-6-7-12)14(24)10-23-15(25)18(2,21-17(23)26)11-4-8-13(9-5-11)27-16(19)20/h4-5,8-9,12,16H,3,6-7,10H2,1-2H3,(H,21,26). The van der Waals surface area contributed by atoms with Crippen molar-refractivity contribution in [2.75, 3.05) is 13.1 Å². The number of benzene rings is 1. The number of rotatable bonds is 7. The van der Waals surface area contributed by atoms with E-state index in [1.807, 2.05) is 6.92 Å². The summed E-state index contributed by atoms with van der Waals surface area (Å²) < 4.78 is 28.8. The normalized spacial score (nSPS) is 22.2. The first-order valence-corrected chi connectivity index (χ1v) is 8.75. The molecule has 1 aromatic carbocycles. The van der Waals surface area contributed by atoms with Crippen molar-refractivity contribution in [2.24, 2.45) is 0 Å². The number of likely N-dealkylation sites (N-methyl/N-ethyl adjacent to an activating group) is 1. The maximum atomic E-state index is 12.9. The zero-order chi connectivity index (χ0) is 19.8. The van der Waals surface area contributed by atoms with Crippen molar-refractivity contribution in [2.45, 2.75) is 44.9 Å². The zero-order valence-electron chi connectivity index (χ0n) is 15.1. The lowest BCUT2D eigenvalue weighted by molar-refractivity contribution is -0.139. The first-order chi connectivity index (χ1) is 12.8. The lowest BCUT2D eigenvalue weighted by atomic mass is 9.92. The van der Waals surface area contributed by atoms with Gasteiger partial charge in [0.2, 0.25) is 5.91 Å². The monoisotopic (exact) mass is 381 g/mol. The van der Waals surface area contributed by atoms with Gasteiger partial charge in [-0.15, -0.1) is 0 Å². The number of imide groups is 1. The third-order valence-corrected chi connectivity index (χ3v) is 4.87. The molecule has 2 aliphatic rings. The van der Waals surface area contributed by atoms with E-state index in [4.69, 9.17) is 0 Å². The van der Waals surface area contributed by atoms with E-state index in [0.29, 0.717) is 12.1 Å². The van der Waals surface area contributed by atoms with Crippen LogP contribution in [0.25, 0.3) is 0 Å². The van der Waals surface area contributed by atoms with Crippen LogP contribution >= 0.6 is 0 Å². The van der Waals surface area contributed by atoms with E-state index in [-0.39, 0.29) is 24.2 Å². The van der Waals surface area contributed by atoms with Gasteiger partial charge in [0.1, 0.15) is 17.8 Å². The van der Waals surface area contributed by atoms with Gasteiger partial charge in [0.15, 0.2) is 0 Å². The van der Waals surface area contributed by atoms with Gasteiger partial charge in [0, 0.05) is 12.6 Å². The van der Waals surface area contributed by atoms with Gasteiger partial charge in [0.05, 0.1) is 0 Å². The SMILES string of the molecule is CCN(C(=O)CN1C(=O)NC(C)(c2ccc(OC(F)F)cc2)C1=O)C1CC1. The number of carbonyl (C=O) groups excluding carboxylic acids is 3. The second-order valence-corrected chi connectivity index (χ2v) is 6.76. The smallest absolute Gasteiger partial charge is 0.387 e. The molecule has 4 amide bonds. The molecule has 1 N–H and O–H groups in total. The van der Waals surface area contributed by atoms with E-state index in [1.54, 1.807) is 4.90 Å². The Labute approximate surface area is 155 Å². The van der Waals surface area contributed by atoms with Crippen LogP contribution in [-0.2, 0) is 15.1 Å². The minimum Gasteiger partial charge on any atom is -0.435 e. The molecule has 3 rings (SSSR count). The number of hydrogen-bond donors (Lipinski definition) is 1. The first kappa shape index (κ1) is 19.1. The molecule has 1 aliphatic heterocycles. The number of alkyl halides is 2. The molecule has 146 valence electrons. The second kappa shape index (κ2) is 7.13. The van der Waals surface area contributed by atoms with Gasteiger partial charge < -0.3 is 15.0 Å². The average molecular weight is 381 g/mol. The van der Waals surface area contributed by atoms with Crippen molar-refractivity contribution in [1.82, 2.24) is 15.1 Å². The molecule has 1 aromatic rings. The van der Waals surface area contributed by atoms with E-state index in [0.717, 1.165) is 17.7 Å². The Morgan fingerprint density at radius 2 is 1.96 bits per heavy atom. The molecule has 27 heavy (non-hydrogen) atoms. The number of carbonyl (C=O) groups is 3. The van der Waals surface area contributed by atoms with Crippen LogP contribution in [-0.4, -0.2) is 53.4 Å². The van der Waals surface area contributed by atoms with Gasteiger partial charge in [-0.05, 0) is 44.4 Å². The molecular formula is C18H21F2N3O4. The van der Waals surface area contributed by atoms with Crippen molar-refractivity contribution in [3.8, 4) is 5.75 Å². The Kier molecular flexibility index (Phi) is 5.03. The largest absolute Gasteiger partial charge is 0.435 e. The predicted molar refractivity (Wildman–Crippen MR) is 91.1 cm³/mol. The molecule has 1 saturated heterocycles. The molecule has 1 saturated carbocycles. The van der Waals surface area contributed by atoms with Crippen molar-refractivity contribution in [1.29, 1.82) is 0 Å².